The highest BCUT2D eigenvalue weighted by Gasteiger charge is 2.13. The standard InChI is InChI=1S/C12H17NOS/c1-8-3-4-10(9(2)5-8)6-12(14)11(13)7-15/h3-5,11,15H,6-7,13H2,1-2H3. The molecule has 0 aliphatic heterocycles. The summed E-state index contributed by atoms with van der Waals surface area (Å²) in [6.07, 6.45) is 0.411. The smallest absolute Gasteiger partial charge is 0.154 e. The van der Waals surface area contributed by atoms with Gasteiger partial charge in [-0.15, -0.1) is 0 Å². The second kappa shape index (κ2) is 5.33. The van der Waals surface area contributed by atoms with Crippen molar-refractivity contribution in [3.8, 4) is 0 Å². The van der Waals surface area contributed by atoms with E-state index in [0.717, 1.165) is 11.1 Å². The highest BCUT2D eigenvalue weighted by atomic mass is 32.1. The normalized spacial score (nSPS) is 12.5. The molecule has 3 heteroatoms. The van der Waals surface area contributed by atoms with E-state index < -0.39 is 6.04 Å². The molecule has 2 N–H and O–H groups in total. The van der Waals surface area contributed by atoms with E-state index in [-0.39, 0.29) is 5.78 Å². The number of hydrogen-bond donors (Lipinski definition) is 2. The molecule has 0 fully saturated rings. The second-order valence-electron chi connectivity index (χ2n) is 3.86. The van der Waals surface area contributed by atoms with E-state index in [1.807, 2.05) is 26.0 Å². The van der Waals surface area contributed by atoms with Gasteiger partial charge < -0.3 is 5.73 Å². The number of ketones is 1. The van der Waals surface area contributed by atoms with Gasteiger partial charge in [-0.1, -0.05) is 23.8 Å². The first kappa shape index (κ1) is 12.3. The molecule has 0 heterocycles. The van der Waals surface area contributed by atoms with Gasteiger partial charge in [-0.25, -0.2) is 0 Å². The van der Waals surface area contributed by atoms with E-state index in [2.05, 4.69) is 18.7 Å². The fraction of sp³-hybridized carbons (Fsp3) is 0.417. The largest absolute Gasteiger partial charge is 0.321 e. The maximum atomic E-state index is 11.6. The Kier molecular flexibility index (Phi) is 4.36. The zero-order valence-electron chi connectivity index (χ0n) is 9.16. The summed E-state index contributed by atoms with van der Waals surface area (Å²) in [7, 11) is 0. The molecular formula is C12H17NOS. The zero-order chi connectivity index (χ0) is 11.4. The summed E-state index contributed by atoms with van der Waals surface area (Å²) in [6, 6.07) is 5.64. The SMILES string of the molecule is Cc1ccc(CC(=O)C(N)CS)c(C)c1. The minimum atomic E-state index is -0.450. The Balaban J connectivity index is 2.77. The Hall–Kier alpha value is -0.800. The number of benzene rings is 1. The van der Waals surface area contributed by atoms with Crippen LogP contribution in [0.1, 0.15) is 16.7 Å². The Bertz CT molecular complexity index is 363. The van der Waals surface area contributed by atoms with Crippen LogP contribution in [0.25, 0.3) is 0 Å². The fourth-order valence-corrected chi connectivity index (χ4v) is 1.67. The molecule has 0 aromatic heterocycles. The van der Waals surface area contributed by atoms with E-state index in [9.17, 15) is 4.79 Å². The molecule has 0 spiro atoms. The summed E-state index contributed by atoms with van der Waals surface area (Å²) < 4.78 is 0. The van der Waals surface area contributed by atoms with Crippen LogP contribution in [0, 0.1) is 13.8 Å². The molecule has 0 aliphatic rings. The van der Waals surface area contributed by atoms with Crippen LogP contribution in [0.15, 0.2) is 18.2 Å². The summed E-state index contributed by atoms with van der Waals surface area (Å²) in [4.78, 5) is 11.6. The monoisotopic (exact) mass is 223 g/mol. The lowest BCUT2D eigenvalue weighted by molar-refractivity contribution is -0.119. The maximum absolute atomic E-state index is 11.6. The first-order valence-corrected chi connectivity index (χ1v) is 5.63. The molecule has 0 saturated heterocycles. The molecule has 0 aliphatic carbocycles. The molecule has 15 heavy (non-hydrogen) atoms. The summed E-state index contributed by atoms with van der Waals surface area (Å²) in [6.45, 7) is 4.06. The van der Waals surface area contributed by atoms with Gasteiger partial charge in [0.25, 0.3) is 0 Å². The van der Waals surface area contributed by atoms with Crippen LogP contribution in [0.3, 0.4) is 0 Å². The Labute approximate surface area is 96.3 Å². The second-order valence-corrected chi connectivity index (χ2v) is 4.23. The van der Waals surface area contributed by atoms with Crippen LogP contribution in [-0.2, 0) is 11.2 Å². The zero-order valence-corrected chi connectivity index (χ0v) is 10.1. The van der Waals surface area contributed by atoms with Crippen molar-refractivity contribution in [2.75, 3.05) is 5.75 Å². The van der Waals surface area contributed by atoms with E-state index in [1.54, 1.807) is 0 Å². The number of hydrogen-bond acceptors (Lipinski definition) is 3. The quantitative estimate of drug-likeness (QED) is 0.763. The number of Topliss-reactive ketones (excluding diaryl/α,β-unsaturated/α-hetero) is 1. The summed E-state index contributed by atoms with van der Waals surface area (Å²) in [5.41, 5.74) is 9.03. The average Bonchev–Trinajstić information content (AvgIpc) is 2.20. The molecule has 1 rings (SSSR count). The van der Waals surface area contributed by atoms with Gasteiger partial charge >= 0.3 is 0 Å². The van der Waals surface area contributed by atoms with Crippen LogP contribution in [0.4, 0.5) is 0 Å². The van der Waals surface area contributed by atoms with Crippen molar-refractivity contribution >= 4 is 18.4 Å². The van der Waals surface area contributed by atoms with E-state index >= 15 is 0 Å². The van der Waals surface area contributed by atoms with Gasteiger partial charge in [0.1, 0.15) is 0 Å². The molecule has 1 unspecified atom stereocenters. The molecule has 2 nitrogen and oxygen atoms in total. The number of thiol groups is 1. The molecule has 1 aromatic rings. The summed E-state index contributed by atoms with van der Waals surface area (Å²) >= 11 is 4.02. The number of rotatable bonds is 4. The molecule has 0 amide bonds. The van der Waals surface area contributed by atoms with Crippen LogP contribution in [-0.4, -0.2) is 17.6 Å². The number of carbonyl (C=O) groups is 1. The van der Waals surface area contributed by atoms with E-state index in [0.29, 0.717) is 12.2 Å². The van der Waals surface area contributed by atoms with E-state index in [4.69, 9.17) is 5.73 Å². The summed E-state index contributed by atoms with van der Waals surface area (Å²) in [5.74, 6) is 0.459. The minimum Gasteiger partial charge on any atom is -0.321 e. The first-order chi connectivity index (χ1) is 7.04. The van der Waals surface area contributed by atoms with Gasteiger partial charge in [0.05, 0.1) is 6.04 Å². The topological polar surface area (TPSA) is 43.1 Å². The Morgan fingerprint density at radius 1 is 1.47 bits per heavy atom. The Morgan fingerprint density at radius 3 is 2.67 bits per heavy atom. The molecule has 0 radical (unpaired) electrons. The first-order valence-electron chi connectivity index (χ1n) is 5.00. The fourth-order valence-electron chi connectivity index (χ4n) is 1.46. The van der Waals surface area contributed by atoms with Crippen LogP contribution < -0.4 is 5.73 Å². The lowest BCUT2D eigenvalue weighted by atomic mass is 9.99. The lowest BCUT2D eigenvalue weighted by Crippen LogP contribution is -2.33. The maximum Gasteiger partial charge on any atom is 0.154 e. The van der Waals surface area contributed by atoms with Crippen molar-refractivity contribution in [3.63, 3.8) is 0 Å². The number of nitrogens with two attached hydrogens (primary N) is 1. The predicted molar refractivity (Wildman–Crippen MR) is 66.5 cm³/mol. The van der Waals surface area contributed by atoms with Crippen LogP contribution in [0.5, 0.6) is 0 Å². The number of aryl methyl sites for hydroxylation is 2. The highest BCUT2D eigenvalue weighted by molar-refractivity contribution is 7.80. The van der Waals surface area contributed by atoms with Crippen molar-refractivity contribution in [3.05, 3.63) is 34.9 Å². The summed E-state index contributed by atoms with van der Waals surface area (Å²) in [5, 5.41) is 0. The van der Waals surface area contributed by atoms with Crippen molar-refractivity contribution < 1.29 is 4.79 Å². The van der Waals surface area contributed by atoms with E-state index in [1.165, 1.54) is 5.56 Å². The van der Waals surface area contributed by atoms with Crippen LogP contribution in [0.2, 0.25) is 0 Å². The van der Waals surface area contributed by atoms with Crippen molar-refractivity contribution in [2.24, 2.45) is 5.73 Å². The molecule has 0 saturated carbocycles. The van der Waals surface area contributed by atoms with Gasteiger partial charge in [0.15, 0.2) is 5.78 Å². The van der Waals surface area contributed by atoms with Crippen LogP contribution >= 0.6 is 12.6 Å². The third-order valence-electron chi connectivity index (χ3n) is 2.47. The third kappa shape index (κ3) is 3.36. The molecule has 1 aromatic carbocycles. The van der Waals surface area contributed by atoms with Crippen molar-refractivity contribution in [1.82, 2.24) is 0 Å². The highest BCUT2D eigenvalue weighted by Crippen LogP contribution is 2.12. The minimum absolute atomic E-state index is 0.0527. The Morgan fingerprint density at radius 2 is 2.13 bits per heavy atom. The van der Waals surface area contributed by atoms with Gasteiger partial charge in [0, 0.05) is 12.2 Å². The van der Waals surface area contributed by atoms with Crippen molar-refractivity contribution in [2.45, 2.75) is 26.3 Å². The average molecular weight is 223 g/mol. The molecule has 1 atom stereocenters. The molecular weight excluding hydrogens is 206 g/mol. The number of carbonyl (C=O) groups excluding carboxylic acids is 1. The van der Waals surface area contributed by atoms with Gasteiger partial charge in [-0.05, 0) is 25.0 Å². The van der Waals surface area contributed by atoms with Crippen molar-refractivity contribution in [1.29, 1.82) is 0 Å². The lowest BCUT2D eigenvalue weighted by Gasteiger charge is -2.09. The van der Waals surface area contributed by atoms with Gasteiger partial charge in [0.2, 0.25) is 0 Å². The molecule has 0 bridgehead atoms. The third-order valence-corrected chi connectivity index (χ3v) is 2.87. The molecule has 82 valence electrons. The predicted octanol–water partition coefficient (Wildman–Crippen LogP) is 1.67. The van der Waals surface area contributed by atoms with Gasteiger partial charge in [-0.2, -0.15) is 12.6 Å². The van der Waals surface area contributed by atoms with Gasteiger partial charge in [-0.3, -0.25) is 4.79 Å².